The summed E-state index contributed by atoms with van der Waals surface area (Å²) < 4.78 is 5.24. The molecule has 0 saturated heterocycles. The Labute approximate surface area is 192 Å². The predicted molar refractivity (Wildman–Crippen MR) is 122 cm³/mol. The van der Waals surface area contributed by atoms with E-state index in [4.69, 9.17) is 16.1 Å². The van der Waals surface area contributed by atoms with Gasteiger partial charge in [-0.1, -0.05) is 70.6 Å². The number of carbonyl (C=O) groups excluding carboxylic acids is 2. The number of amides is 2. The molecular weight excluding hydrogens is 450 g/mol. The van der Waals surface area contributed by atoms with Crippen LogP contribution < -0.4 is 10.6 Å². The van der Waals surface area contributed by atoms with E-state index in [9.17, 15) is 9.59 Å². The largest absolute Gasteiger partial charge is 0.360 e. The number of benzene rings is 2. The summed E-state index contributed by atoms with van der Waals surface area (Å²) in [5, 5.41) is 19.1. The summed E-state index contributed by atoms with van der Waals surface area (Å²) in [5.41, 5.74) is 2.01. The second-order valence-electron chi connectivity index (χ2n) is 6.77. The Morgan fingerprint density at radius 1 is 1.03 bits per heavy atom. The molecule has 4 rings (SSSR count). The van der Waals surface area contributed by atoms with Crippen LogP contribution in [0.3, 0.4) is 0 Å². The lowest BCUT2D eigenvalue weighted by atomic mass is 10.1. The van der Waals surface area contributed by atoms with Gasteiger partial charge in [-0.3, -0.25) is 14.9 Å². The first-order valence-electron chi connectivity index (χ1n) is 9.71. The minimum Gasteiger partial charge on any atom is -0.360 e. The van der Waals surface area contributed by atoms with E-state index in [-0.39, 0.29) is 11.8 Å². The first-order chi connectivity index (χ1) is 15.5. The lowest BCUT2D eigenvalue weighted by Crippen LogP contribution is -2.25. The standard InChI is InChI=1S/C22H18ClN5O3S/c1-13-18(19(28-31-13)14-7-3-2-4-8-14)21(30)25-22-27-26-17(32-22)11-12-24-20(29)15-9-5-6-10-16(15)23/h2-10H,11-12H2,1H3,(H,24,29)(H,25,27,30). The summed E-state index contributed by atoms with van der Waals surface area (Å²) in [6.45, 7) is 2.04. The SMILES string of the molecule is Cc1onc(-c2ccccc2)c1C(=O)Nc1nnc(CCNC(=O)c2ccccc2Cl)s1. The highest BCUT2D eigenvalue weighted by Crippen LogP contribution is 2.26. The van der Waals surface area contributed by atoms with Crippen molar-refractivity contribution in [3.63, 3.8) is 0 Å². The van der Waals surface area contributed by atoms with Crippen molar-refractivity contribution in [2.75, 3.05) is 11.9 Å². The Bertz CT molecular complexity index is 1260. The molecule has 0 radical (unpaired) electrons. The lowest BCUT2D eigenvalue weighted by molar-refractivity contribution is 0.0953. The van der Waals surface area contributed by atoms with Gasteiger partial charge in [0.1, 0.15) is 22.0 Å². The second kappa shape index (κ2) is 9.71. The molecule has 162 valence electrons. The summed E-state index contributed by atoms with van der Waals surface area (Å²) in [7, 11) is 0. The van der Waals surface area contributed by atoms with Gasteiger partial charge in [-0.15, -0.1) is 10.2 Å². The third-order valence-electron chi connectivity index (χ3n) is 4.57. The number of nitrogens with one attached hydrogen (secondary N) is 2. The predicted octanol–water partition coefficient (Wildman–Crippen LogP) is 4.38. The Kier molecular flexibility index (Phi) is 6.58. The van der Waals surface area contributed by atoms with Crippen LogP contribution in [0.2, 0.25) is 5.02 Å². The molecule has 0 aliphatic heterocycles. The van der Waals surface area contributed by atoms with Crippen LogP contribution in [-0.4, -0.2) is 33.7 Å². The van der Waals surface area contributed by atoms with E-state index < -0.39 is 0 Å². The molecule has 0 saturated carbocycles. The minimum absolute atomic E-state index is 0.259. The molecule has 0 bridgehead atoms. The summed E-state index contributed by atoms with van der Waals surface area (Å²) in [4.78, 5) is 25.1. The van der Waals surface area contributed by atoms with E-state index in [1.165, 1.54) is 11.3 Å². The van der Waals surface area contributed by atoms with E-state index in [1.54, 1.807) is 31.2 Å². The van der Waals surface area contributed by atoms with Gasteiger partial charge >= 0.3 is 0 Å². The van der Waals surface area contributed by atoms with Crippen molar-refractivity contribution >= 4 is 39.9 Å². The molecule has 0 fully saturated rings. The van der Waals surface area contributed by atoms with Crippen LogP contribution in [0, 0.1) is 6.92 Å². The number of carbonyl (C=O) groups is 2. The fourth-order valence-corrected chi connectivity index (χ4v) is 3.98. The van der Waals surface area contributed by atoms with Gasteiger partial charge in [-0.05, 0) is 19.1 Å². The van der Waals surface area contributed by atoms with Gasteiger partial charge in [0.2, 0.25) is 5.13 Å². The third kappa shape index (κ3) is 4.84. The van der Waals surface area contributed by atoms with Crippen molar-refractivity contribution in [2.45, 2.75) is 13.3 Å². The maximum Gasteiger partial charge on any atom is 0.263 e. The normalized spacial score (nSPS) is 10.7. The minimum atomic E-state index is -0.377. The summed E-state index contributed by atoms with van der Waals surface area (Å²) >= 11 is 7.27. The molecule has 2 aromatic carbocycles. The molecule has 2 amide bonds. The number of halogens is 1. The van der Waals surface area contributed by atoms with Crippen LogP contribution in [0.5, 0.6) is 0 Å². The highest BCUT2D eigenvalue weighted by atomic mass is 35.5. The van der Waals surface area contributed by atoms with Crippen LogP contribution in [-0.2, 0) is 6.42 Å². The number of aryl methyl sites for hydroxylation is 1. The molecule has 4 aromatic rings. The highest BCUT2D eigenvalue weighted by molar-refractivity contribution is 7.15. The fraction of sp³-hybridized carbons (Fsp3) is 0.136. The zero-order chi connectivity index (χ0) is 22.5. The zero-order valence-corrected chi connectivity index (χ0v) is 18.5. The van der Waals surface area contributed by atoms with Gasteiger partial charge in [0, 0.05) is 18.5 Å². The topological polar surface area (TPSA) is 110 Å². The molecule has 8 nitrogen and oxygen atoms in total. The first kappa shape index (κ1) is 21.7. The molecule has 2 heterocycles. The summed E-state index contributed by atoms with van der Waals surface area (Å²) in [6, 6.07) is 16.2. The van der Waals surface area contributed by atoms with Crippen LogP contribution >= 0.6 is 22.9 Å². The van der Waals surface area contributed by atoms with Crippen LogP contribution in [0.25, 0.3) is 11.3 Å². The number of hydrogen-bond acceptors (Lipinski definition) is 7. The number of hydrogen-bond donors (Lipinski definition) is 2. The van der Waals surface area contributed by atoms with Gasteiger partial charge in [0.25, 0.3) is 11.8 Å². The zero-order valence-electron chi connectivity index (χ0n) is 17.0. The van der Waals surface area contributed by atoms with Crippen molar-refractivity contribution in [3.05, 3.63) is 81.5 Å². The summed E-state index contributed by atoms with van der Waals surface area (Å²) in [5.74, 6) is -0.226. The van der Waals surface area contributed by atoms with Crippen molar-refractivity contribution in [3.8, 4) is 11.3 Å². The van der Waals surface area contributed by atoms with Crippen molar-refractivity contribution in [1.29, 1.82) is 0 Å². The van der Waals surface area contributed by atoms with Crippen molar-refractivity contribution in [2.24, 2.45) is 0 Å². The smallest absolute Gasteiger partial charge is 0.263 e. The Morgan fingerprint density at radius 3 is 2.56 bits per heavy atom. The molecule has 2 aromatic heterocycles. The molecule has 10 heteroatoms. The average molecular weight is 468 g/mol. The van der Waals surface area contributed by atoms with Gasteiger partial charge in [0.15, 0.2) is 0 Å². The van der Waals surface area contributed by atoms with Crippen molar-refractivity contribution in [1.82, 2.24) is 20.7 Å². The molecule has 0 aliphatic carbocycles. The Hall–Kier alpha value is -3.56. The molecule has 0 atom stereocenters. The second-order valence-corrected chi connectivity index (χ2v) is 8.24. The van der Waals surface area contributed by atoms with E-state index in [2.05, 4.69) is 26.0 Å². The van der Waals surface area contributed by atoms with E-state index in [0.717, 1.165) is 5.56 Å². The Morgan fingerprint density at radius 2 is 1.78 bits per heavy atom. The lowest BCUT2D eigenvalue weighted by Gasteiger charge is -2.05. The number of aromatic nitrogens is 3. The summed E-state index contributed by atoms with van der Waals surface area (Å²) in [6.07, 6.45) is 0.464. The van der Waals surface area contributed by atoms with Crippen LogP contribution in [0.1, 0.15) is 31.5 Å². The van der Waals surface area contributed by atoms with E-state index >= 15 is 0 Å². The van der Waals surface area contributed by atoms with Gasteiger partial charge in [-0.25, -0.2) is 0 Å². The maximum atomic E-state index is 12.8. The van der Waals surface area contributed by atoms with Gasteiger partial charge in [-0.2, -0.15) is 0 Å². The van der Waals surface area contributed by atoms with E-state index in [0.29, 0.717) is 50.7 Å². The molecule has 0 spiro atoms. The molecule has 2 N–H and O–H groups in total. The van der Waals surface area contributed by atoms with Gasteiger partial charge < -0.3 is 9.84 Å². The molecular formula is C22H18ClN5O3S. The molecule has 0 aliphatic rings. The quantitative estimate of drug-likeness (QED) is 0.417. The fourth-order valence-electron chi connectivity index (χ4n) is 3.02. The van der Waals surface area contributed by atoms with E-state index in [1.807, 2.05) is 30.3 Å². The van der Waals surface area contributed by atoms with Crippen LogP contribution in [0.15, 0.2) is 59.1 Å². The highest BCUT2D eigenvalue weighted by Gasteiger charge is 2.22. The van der Waals surface area contributed by atoms with Gasteiger partial charge in [0.05, 0.1) is 10.6 Å². The maximum absolute atomic E-state index is 12.8. The Balaban J connectivity index is 1.37. The average Bonchev–Trinajstić information content (AvgIpc) is 3.40. The van der Waals surface area contributed by atoms with Crippen LogP contribution in [0.4, 0.5) is 5.13 Å². The first-order valence-corrected chi connectivity index (χ1v) is 10.9. The monoisotopic (exact) mass is 467 g/mol. The number of anilines is 1. The number of rotatable bonds is 7. The molecule has 32 heavy (non-hydrogen) atoms. The third-order valence-corrected chi connectivity index (χ3v) is 5.80. The van der Waals surface area contributed by atoms with Crippen molar-refractivity contribution < 1.29 is 14.1 Å². The number of nitrogens with zero attached hydrogens (tertiary/aromatic N) is 3. The molecule has 0 unspecified atom stereocenters.